The van der Waals surface area contributed by atoms with Gasteiger partial charge in [-0.1, -0.05) is 12.1 Å². The smallest absolute Gasteiger partial charge is 0.418 e. The number of carbonyl (C=O) groups is 2. The van der Waals surface area contributed by atoms with E-state index in [4.69, 9.17) is 4.42 Å². The van der Waals surface area contributed by atoms with Crippen LogP contribution >= 0.6 is 0 Å². The molecule has 1 aromatic heterocycles. The van der Waals surface area contributed by atoms with Crippen molar-refractivity contribution < 1.29 is 27.2 Å². The first kappa shape index (κ1) is 18.2. The number of hydrogen-bond donors (Lipinski definition) is 2. The molecular weight excluding hydrogens is 361 g/mol. The topological polar surface area (TPSA) is 71.3 Å². The lowest BCUT2D eigenvalue weighted by atomic mass is 10.1. The molecule has 2 N–H and O–H groups in total. The van der Waals surface area contributed by atoms with E-state index in [9.17, 15) is 22.8 Å². The number of hydrogen-bond acceptors (Lipinski definition) is 3. The average Bonchev–Trinajstić information content (AvgIpc) is 3.16. The lowest BCUT2D eigenvalue weighted by molar-refractivity contribution is -0.136. The minimum atomic E-state index is -4.58. The molecule has 0 unspecified atom stereocenters. The molecule has 0 radical (unpaired) electrons. The minimum absolute atomic E-state index is 0.126. The predicted molar refractivity (Wildman–Crippen MR) is 92.5 cm³/mol. The number of amides is 2. The van der Waals surface area contributed by atoms with E-state index in [0.717, 1.165) is 6.07 Å². The Labute approximate surface area is 151 Å². The van der Waals surface area contributed by atoms with Crippen LogP contribution in [0.1, 0.15) is 26.5 Å². The first-order valence-electron chi connectivity index (χ1n) is 7.77. The van der Waals surface area contributed by atoms with Crippen molar-refractivity contribution in [2.75, 3.05) is 10.6 Å². The number of furan rings is 1. The van der Waals surface area contributed by atoms with Gasteiger partial charge in [0, 0.05) is 11.3 Å². The van der Waals surface area contributed by atoms with Crippen LogP contribution in [0, 0.1) is 0 Å². The quantitative estimate of drug-likeness (QED) is 0.689. The molecule has 0 aliphatic rings. The summed E-state index contributed by atoms with van der Waals surface area (Å²) < 4.78 is 43.9. The lowest BCUT2D eigenvalue weighted by Crippen LogP contribution is -2.16. The molecule has 5 nitrogen and oxygen atoms in total. The Morgan fingerprint density at radius 3 is 2.15 bits per heavy atom. The molecule has 0 fully saturated rings. The summed E-state index contributed by atoms with van der Waals surface area (Å²) in [4.78, 5) is 24.1. The van der Waals surface area contributed by atoms with Crippen molar-refractivity contribution >= 4 is 23.2 Å². The predicted octanol–water partition coefficient (Wildman–Crippen LogP) is 4.80. The zero-order valence-electron chi connectivity index (χ0n) is 13.7. The average molecular weight is 374 g/mol. The molecule has 0 saturated heterocycles. The molecule has 0 saturated carbocycles. The van der Waals surface area contributed by atoms with Crippen LogP contribution in [0.2, 0.25) is 0 Å². The molecular formula is C19H13F3N2O3. The molecule has 138 valence electrons. The van der Waals surface area contributed by atoms with Gasteiger partial charge in [-0.15, -0.1) is 0 Å². The zero-order valence-corrected chi connectivity index (χ0v) is 13.7. The molecule has 1 heterocycles. The second kappa shape index (κ2) is 7.36. The normalized spacial score (nSPS) is 11.1. The molecule has 27 heavy (non-hydrogen) atoms. The van der Waals surface area contributed by atoms with Crippen LogP contribution in [-0.4, -0.2) is 11.8 Å². The van der Waals surface area contributed by atoms with Gasteiger partial charge in [-0.25, -0.2) is 0 Å². The summed E-state index contributed by atoms with van der Waals surface area (Å²) in [5.41, 5.74) is -0.711. The van der Waals surface area contributed by atoms with Crippen LogP contribution in [0.4, 0.5) is 24.5 Å². The third-order valence-corrected chi connectivity index (χ3v) is 3.63. The second-order valence-corrected chi connectivity index (χ2v) is 5.51. The van der Waals surface area contributed by atoms with Gasteiger partial charge in [-0.2, -0.15) is 13.2 Å². The van der Waals surface area contributed by atoms with Crippen LogP contribution in [0.3, 0.4) is 0 Å². The van der Waals surface area contributed by atoms with E-state index in [1.165, 1.54) is 54.8 Å². The molecule has 2 aromatic carbocycles. The van der Waals surface area contributed by atoms with Crippen LogP contribution in [0.15, 0.2) is 71.3 Å². The number of anilines is 2. The van der Waals surface area contributed by atoms with E-state index in [1.807, 2.05) is 0 Å². The van der Waals surface area contributed by atoms with Crippen molar-refractivity contribution in [3.63, 3.8) is 0 Å². The molecule has 0 aliphatic carbocycles. The third kappa shape index (κ3) is 4.35. The zero-order chi connectivity index (χ0) is 19.4. The van der Waals surface area contributed by atoms with Crippen LogP contribution in [0.25, 0.3) is 0 Å². The third-order valence-electron chi connectivity index (χ3n) is 3.63. The minimum Gasteiger partial charge on any atom is -0.459 e. The van der Waals surface area contributed by atoms with Crippen LogP contribution < -0.4 is 10.6 Å². The van der Waals surface area contributed by atoms with Crippen molar-refractivity contribution in [3.05, 3.63) is 83.8 Å². The van der Waals surface area contributed by atoms with E-state index in [1.54, 1.807) is 6.07 Å². The number of halogens is 3. The number of rotatable bonds is 4. The summed E-state index contributed by atoms with van der Waals surface area (Å²) in [7, 11) is 0. The molecule has 3 rings (SSSR count). The van der Waals surface area contributed by atoms with Gasteiger partial charge in [-0.05, 0) is 48.5 Å². The lowest BCUT2D eigenvalue weighted by Gasteiger charge is -2.13. The SMILES string of the molecule is O=C(Nc1ccccc1C(F)(F)F)c1ccc(NC(=O)c2ccco2)cc1. The van der Waals surface area contributed by atoms with Gasteiger partial charge in [0.2, 0.25) is 0 Å². The molecule has 0 bridgehead atoms. The summed E-state index contributed by atoms with van der Waals surface area (Å²) >= 11 is 0. The number of para-hydroxylation sites is 1. The van der Waals surface area contributed by atoms with Gasteiger partial charge < -0.3 is 15.1 Å². The van der Waals surface area contributed by atoms with Crippen molar-refractivity contribution in [2.45, 2.75) is 6.18 Å². The molecule has 2 amide bonds. The molecule has 0 spiro atoms. The highest BCUT2D eigenvalue weighted by Crippen LogP contribution is 2.34. The van der Waals surface area contributed by atoms with Crippen molar-refractivity contribution in [3.8, 4) is 0 Å². The van der Waals surface area contributed by atoms with Gasteiger partial charge in [0.25, 0.3) is 11.8 Å². The van der Waals surface area contributed by atoms with Gasteiger partial charge in [0.05, 0.1) is 17.5 Å². The molecule has 0 aliphatic heterocycles. The fraction of sp³-hybridized carbons (Fsp3) is 0.0526. The monoisotopic (exact) mass is 374 g/mol. The highest BCUT2D eigenvalue weighted by Gasteiger charge is 2.33. The van der Waals surface area contributed by atoms with Gasteiger partial charge >= 0.3 is 6.18 Å². The maximum Gasteiger partial charge on any atom is 0.418 e. The van der Waals surface area contributed by atoms with E-state index in [0.29, 0.717) is 5.69 Å². The Morgan fingerprint density at radius 2 is 1.52 bits per heavy atom. The Bertz CT molecular complexity index is 949. The highest BCUT2D eigenvalue weighted by atomic mass is 19.4. The first-order valence-corrected chi connectivity index (χ1v) is 7.77. The summed E-state index contributed by atoms with van der Waals surface area (Å²) in [5, 5.41) is 4.83. The van der Waals surface area contributed by atoms with Gasteiger partial charge in [-0.3, -0.25) is 9.59 Å². The Balaban J connectivity index is 1.71. The Morgan fingerprint density at radius 1 is 0.815 bits per heavy atom. The first-order chi connectivity index (χ1) is 12.8. The van der Waals surface area contributed by atoms with E-state index in [-0.39, 0.29) is 17.0 Å². The maximum absolute atomic E-state index is 13.0. The Hall–Kier alpha value is -3.55. The summed E-state index contributed by atoms with van der Waals surface area (Å²) in [5.74, 6) is -1.03. The number of alkyl halides is 3. The fourth-order valence-electron chi connectivity index (χ4n) is 2.34. The summed E-state index contributed by atoms with van der Waals surface area (Å²) in [6, 6.07) is 13.5. The van der Waals surface area contributed by atoms with Crippen LogP contribution in [-0.2, 0) is 6.18 Å². The summed E-state index contributed by atoms with van der Waals surface area (Å²) in [6.45, 7) is 0. The standard InChI is InChI=1S/C19H13F3N2O3/c20-19(21,22)14-4-1-2-5-15(14)24-17(25)12-7-9-13(10-8-12)23-18(26)16-6-3-11-27-16/h1-11H,(H,23,26)(H,24,25). The number of benzene rings is 2. The maximum atomic E-state index is 13.0. The number of carbonyl (C=O) groups excluding carboxylic acids is 2. The van der Waals surface area contributed by atoms with Crippen molar-refractivity contribution in [2.24, 2.45) is 0 Å². The molecule has 8 heteroatoms. The number of nitrogens with one attached hydrogen (secondary N) is 2. The van der Waals surface area contributed by atoms with Gasteiger partial charge in [0.15, 0.2) is 5.76 Å². The molecule has 3 aromatic rings. The van der Waals surface area contributed by atoms with E-state index >= 15 is 0 Å². The van der Waals surface area contributed by atoms with Crippen molar-refractivity contribution in [1.29, 1.82) is 0 Å². The fourth-order valence-corrected chi connectivity index (χ4v) is 2.34. The van der Waals surface area contributed by atoms with E-state index in [2.05, 4.69) is 10.6 Å². The van der Waals surface area contributed by atoms with Gasteiger partial charge in [0.1, 0.15) is 0 Å². The highest BCUT2D eigenvalue weighted by molar-refractivity contribution is 6.06. The molecule has 0 atom stereocenters. The summed E-state index contributed by atoms with van der Waals surface area (Å²) in [6.07, 6.45) is -3.22. The van der Waals surface area contributed by atoms with E-state index < -0.39 is 23.6 Å². The Kier molecular flexibility index (Phi) is 4.98. The van der Waals surface area contributed by atoms with Crippen molar-refractivity contribution in [1.82, 2.24) is 0 Å². The second-order valence-electron chi connectivity index (χ2n) is 5.51. The van der Waals surface area contributed by atoms with Crippen LogP contribution in [0.5, 0.6) is 0 Å². The largest absolute Gasteiger partial charge is 0.459 e.